The summed E-state index contributed by atoms with van der Waals surface area (Å²) in [5, 5.41) is 109. The van der Waals surface area contributed by atoms with Crippen LogP contribution in [-0.4, -0.2) is 118 Å². The maximum absolute atomic E-state index is 15.7. The molecular formula is C53H81N3O10. The van der Waals surface area contributed by atoms with Crippen LogP contribution in [0.2, 0.25) is 0 Å². The lowest BCUT2D eigenvalue weighted by atomic mass is 9.38. The normalized spacial score (nSPS) is 50.3. The fourth-order valence-electron chi connectivity index (χ4n) is 17.8. The molecule has 6 saturated carbocycles. The smallest absolute Gasteiger partial charge is 0.182 e. The molecule has 20 atom stereocenters. The van der Waals surface area contributed by atoms with Gasteiger partial charge in [0.25, 0.3) is 0 Å². The molecule has 13 nitrogen and oxygen atoms in total. The van der Waals surface area contributed by atoms with Crippen molar-refractivity contribution in [2.24, 2.45) is 63.9 Å². The van der Waals surface area contributed by atoms with Crippen LogP contribution in [0.5, 0.6) is 0 Å². The number of carbonyl (C=O) groups is 1. The number of ether oxygens (including phenoxy) is 1. The van der Waals surface area contributed by atoms with E-state index in [9.17, 15) is 40.9 Å². The summed E-state index contributed by atoms with van der Waals surface area (Å²) >= 11 is 0. The van der Waals surface area contributed by atoms with E-state index in [2.05, 4.69) is 17.6 Å². The van der Waals surface area contributed by atoms with Crippen molar-refractivity contribution in [3.63, 3.8) is 0 Å². The Labute approximate surface area is 391 Å². The molecule has 66 heavy (non-hydrogen) atoms. The topological polar surface area (TPSA) is 238 Å². The molecule has 20 unspecified atom stereocenters. The maximum Gasteiger partial charge on any atom is 0.182 e. The van der Waals surface area contributed by atoms with E-state index >= 15 is 4.79 Å². The lowest BCUT2D eigenvalue weighted by Crippen LogP contribution is -2.74. The van der Waals surface area contributed by atoms with E-state index in [0.717, 1.165) is 69.8 Å². The van der Waals surface area contributed by atoms with Crippen LogP contribution in [0.15, 0.2) is 47.3 Å². The van der Waals surface area contributed by atoms with Crippen molar-refractivity contribution in [1.29, 1.82) is 0 Å². The lowest BCUT2D eigenvalue weighted by molar-refractivity contribution is -0.274. The number of fused-ring (bicyclic) bond motifs is 5. The number of allylic oxidation sites excluding steroid dienone is 4. The van der Waals surface area contributed by atoms with E-state index in [0.29, 0.717) is 37.2 Å². The van der Waals surface area contributed by atoms with Gasteiger partial charge in [-0.1, -0.05) is 57.3 Å². The number of ketones is 1. The summed E-state index contributed by atoms with van der Waals surface area (Å²) < 4.78 is 7.09. The minimum Gasteiger partial charge on any atom is -0.393 e. The van der Waals surface area contributed by atoms with Crippen LogP contribution in [0.4, 0.5) is 0 Å². The standard InChI is InChI=1S/C53H81N3O10/c1-4-8-30-12-15-34-39(16-13-30)66-47-42(34)36(58)11-7-20-53(47,65)48(3,62)40-19-22-52(64)43-44(56-26-29(2)57)45(61)35-23-37(59)38(60)25-49(35)24-31(32-14-17-41(54)55-27-32)18-21-50(63,46(43)49)28-51(40,52)33-9-5-6-10-33/h14,17-18,21,27,29-31,33-42,46-47,55-60,62-65H,4-13,15-16,19-20,22-26,28,54H2,1-3H3. The van der Waals surface area contributed by atoms with Gasteiger partial charge in [0, 0.05) is 41.8 Å². The van der Waals surface area contributed by atoms with Gasteiger partial charge in [0.15, 0.2) is 5.78 Å². The molecule has 12 N–H and O–H groups in total. The molecule has 7 fully saturated rings. The minimum absolute atomic E-state index is 0.000349. The second-order valence-corrected chi connectivity index (χ2v) is 23.9. The van der Waals surface area contributed by atoms with Gasteiger partial charge >= 0.3 is 0 Å². The number of Topliss-reactive ketones (excluding diaryl/α,β-unsaturated/α-hetero) is 1. The van der Waals surface area contributed by atoms with Crippen LogP contribution in [0.25, 0.3) is 0 Å². The number of hydrogen-bond donors (Lipinski definition) is 11. The maximum atomic E-state index is 15.7. The fourth-order valence-corrected chi connectivity index (χ4v) is 17.8. The second-order valence-electron chi connectivity index (χ2n) is 23.9. The summed E-state index contributed by atoms with van der Waals surface area (Å²) in [6.07, 6.45) is 15.6. The number of carbonyl (C=O) groups excluding carboxylic acids is 1. The quantitative estimate of drug-likeness (QED) is 0.148. The summed E-state index contributed by atoms with van der Waals surface area (Å²) in [5.41, 5.74) is -1.96. The van der Waals surface area contributed by atoms with Crippen LogP contribution < -0.4 is 16.4 Å². The van der Waals surface area contributed by atoms with E-state index in [4.69, 9.17) is 10.5 Å². The number of aliphatic hydroxyl groups is 8. The molecule has 368 valence electrons. The highest BCUT2D eigenvalue weighted by Crippen LogP contribution is 2.77. The van der Waals surface area contributed by atoms with Crippen LogP contribution >= 0.6 is 0 Å². The zero-order valence-corrected chi connectivity index (χ0v) is 39.7. The second kappa shape index (κ2) is 17.0. The first-order chi connectivity index (χ1) is 31.3. The molecule has 1 spiro atoms. The highest BCUT2D eigenvalue weighted by molar-refractivity contribution is 6.00. The van der Waals surface area contributed by atoms with E-state index < -0.39 is 81.5 Å². The molecule has 2 heterocycles. The fraction of sp³-hybridized carbons (Fsp3) is 0.830. The van der Waals surface area contributed by atoms with Crippen molar-refractivity contribution >= 4 is 5.78 Å². The molecule has 10 rings (SSSR count). The molecule has 0 radical (unpaired) electrons. The molecule has 8 aliphatic carbocycles. The zero-order chi connectivity index (χ0) is 46.8. The van der Waals surface area contributed by atoms with Gasteiger partial charge in [-0.2, -0.15) is 0 Å². The number of nitrogens with one attached hydrogen (secondary N) is 2. The Morgan fingerprint density at radius 3 is 2.42 bits per heavy atom. The van der Waals surface area contributed by atoms with Crippen LogP contribution in [0, 0.1) is 58.2 Å². The summed E-state index contributed by atoms with van der Waals surface area (Å²) in [6.45, 7) is 5.59. The molecule has 13 heteroatoms. The zero-order valence-electron chi connectivity index (χ0n) is 39.7. The van der Waals surface area contributed by atoms with E-state index in [1.807, 2.05) is 30.5 Å². The highest BCUT2D eigenvalue weighted by atomic mass is 16.5. The van der Waals surface area contributed by atoms with Crippen molar-refractivity contribution in [3.05, 3.63) is 47.3 Å². The van der Waals surface area contributed by atoms with Gasteiger partial charge in [-0.3, -0.25) is 4.79 Å². The average Bonchev–Trinajstić information content (AvgIpc) is 3.94. The Kier molecular flexibility index (Phi) is 12.2. The first kappa shape index (κ1) is 47.5. The Bertz CT molecular complexity index is 2000. The molecule has 10 aliphatic rings. The Hall–Kier alpha value is -2.17. The third kappa shape index (κ3) is 6.92. The molecule has 0 aromatic rings. The van der Waals surface area contributed by atoms with E-state index in [-0.39, 0.29) is 86.1 Å². The molecular weight excluding hydrogens is 839 g/mol. The number of rotatable bonds is 9. The van der Waals surface area contributed by atoms with Crippen molar-refractivity contribution in [3.8, 4) is 0 Å². The van der Waals surface area contributed by atoms with Crippen LogP contribution in [0.3, 0.4) is 0 Å². The lowest BCUT2D eigenvalue weighted by Gasteiger charge is -2.68. The van der Waals surface area contributed by atoms with Crippen molar-refractivity contribution in [1.82, 2.24) is 10.6 Å². The SMILES string of the molecule is CCCC1CCC2OC3C(C(O)CCCC3(O)C(C)(O)C3CCC4(O)C5=C(NCC(C)O)C(=O)C6CC(O)C(O)CC67CC(C6=CNC(N)C=C6)C=CC(O)(CC34C3CCCC3)C57)C2CC1. The third-order valence-electron chi connectivity index (χ3n) is 20.5. The number of aliphatic hydroxyl groups excluding tert-OH is 4. The Morgan fingerprint density at radius 1 is 0.955 bits per heavy atom. The minimum atomic E-state index is -1.89. The molecule has 0 aromatic carbocycles. The van der Waals surface area contributed by atoms with Crippen molar-refractivity contribution < 1.29 is 50.4 Å². The Morgan fingerprint density at radius 2 is 1.71 bits per heavy atom. The Balaban J connectivity index is 1.15. The van der Waals surface area contributed by atoms with Gasteiger partial charge in [0.05, 0.1) is 65.3 Å². The monoisotopic (exact) mass is 920 g/mol. The first-order valence-electron chi connectivity index (χ1n) is 26.2. The van der Waals surface area contributed by atoms with Gasteiger partial charge < -0.3 is 62.0 Å². The molecule has 0 amide bonds. The molecule has 1 saturated heterocycles. The molecule has 0 aromatic heterocycles. The third-order valence-corrected chi connectivity index (χ3v) is 20.5. The van der Waals surface area contributed by atoms with Crippen molar-refractivity contribution in [2.45, 2.75) is 208 Å². The van der Waals surface area contributed by atoms with Gasteiger partial charge in [0.2, 0.25) is 0 Å². The molecule has 0 bridgehead atoms. The number of nitrogens with two attached hydrogens (primary N) is 1. The van der Waals surface area contributed by atoms with Crippen LogP contribution in [-0.2, 0) is 9.53 Å². The summed E-state index contributed by atoms with van der Waals surface area (Å²) in [7, 11) is 0. The number of dihydropyridines is 1. The van der Waals surface area contributed by atoms with Crippen LogP contribution in [0.1, 0.15) is 143 Å². The first-order valence-corrected chi connectivity index (χ1v) is 26.2. The predicted octanol–water partition coefficient (Wildman–Crippen LogP) is 3.90. The summed E-state index contributed by atoms with van der Waals surface area (Å²) in [6, 6.07) is 0. The largest absolute Gasteiger partial charge is 0.393 e. The average molecular weight is 920 g/mol. The van der Waals surface area contributed by atoms with E-state index in [1.165, 1.54) is 0 Å². The summed E-state index contributed by atoms with van der Waals surface area (Å²) in [5.74, 6) is -3.07. The van der Waals surface area contributed by atoms with Gasteiger partial charge in [0.1, 0.15) is 5.60 Å². The van der Waals surface area contributed by atoms with Gasteiger partial charge in [-0.05, 0) is 150 Å². The van der Waals surface area contributed by atoms with Gasteiger partial charge in [-0.25, -0.2) is 0 Å². The van der Waals surface area contributed by atoms with Crippen molar-refractivity contribution in [2.75, 3.05) is 6.54 Å². The highest BCUT2D eigenvalue weighted by Gasteiger charge is 2.80. The summed E-state index contributed by atoms with van der Waals surface area (Å²) in [4.78, 5) is 15.7. The van der Waals surface area contributed by atoms with Gasteiger partial charge in [-0.15, -0.1) is 0 Å². The van der Waals surface area contributed by atoms with E-state index in [1.54, 1.807) is 13.8 Å². The number of hydrogen-bond acceptors (Lipinski definition) is 13. The predicted molar refractivity (Wildman–Crippen MR) is 248 cm³/mol. The molecule has 2 aliphatic heterocycles.